The highest BCUT2D eigenvalue weighted by Crippen LogP contribution is 2.50. The summed E-state index contributed by atoms with van der Waals surface area (Å²) >= 11 is 3.41. The van der Waals surface area contributed by atoms with Gasteiger partial charge in [-0.1, -0.05) is 58.4 Å². The Labute approximate surface area is 132 Å². The molecule has 0 saturated carbocycles. The molecule has 3 heteroatoms. The summed E-state index contributed by atoms with van der Waals surface area (Å²) in [5.74, 6) is 0.561. The van der Waals surface area contributed by atoms with Crippen LogP contribution in [0.1, 0.15) is 29.5 Å². The second kappa shape index (κ2) is 4.99. The molecule has 1 N–H and O–H groups in total. The lowest BCUT2D eigenvalue weighted by atomic mass is 9.77. The van der Waals surface area contributed by atoms with Gasteiger partial charge in [-0.3, -0.25) is 0 Å². The summed E-state index contributed by atoms with van der Waals surface area (Å²) in [6.07, 6.45) is 5.48. The van der Waals surface area contributed by atoms with Crippen molar-refractivity contribution in [3.63, 3.8) is 0 Å². The van der Waals surface area contributed by atoms with E-state index < -0.39 is 0 Å². The Morgan fingerprint density at radius 2 is 1.95 bits per heavy atom. The average Bonchev–Trinajstić information content (AvgIpc) is 2.97. The first-order chi connectivity index (χ1) is 10.2. The van der Waals surface area contributed by atoms with Crippen molar-refractivity contribution in [1.29, 1.82) is 0 Å². The predicted octanol–water partition coefficient (Wildman–Crippen LogP) is 5.41. The van der Waals surface area contributed by atoms with Crippen LogP contribution in [0.15, 0.2) is 59.1 Å². The van der Waals surface area contributed by atoms with E-state index in [-0.39, 0.29) is 11.9 Å². The third-order valence-electron chi connectivity index (χ3n) is 4.54. The van der Waals surface area contributed by atoms with Gasteiger partial charge in [-0.05, 0) is 35.6 Å². The monoisotopic (exact) mass is 343 g/mol. The van der Waals surface area contributed by atoms with Crippen LogP contribution in [0, 0.1) is 11.7 Å². The maximum absolute atomic E-state index is 14.4. The van der Waals surface area contributed by atoms with Crippen molar-refractivity contribution in [3.8, 4) is 0 Å². The zero-order chi connectivity index (χ0) is 14.4. The van der Waals surface area contributed by atoms with Crippen molar-refractivity contribution in [2.75, 3.05) is 5.32 Å². The number of allylic oxidation sites excluding steroid dienone is 2. The standard InChI is InChI=1S/C18H15BrFN/c19-12-9-15-13-7-4-8-14(13)17(11-5-2-1-3-6-11)21-18(15)16(20)10-12/h1-7,9-10,13-14,17,21H,8H2/t13-,14+,17-/m1/s1. The highest BCUT2D eigenvalue weighted by Gasteiger charge is 2.38. The molecular weight excluding hydrogens is 329 g/mol. The topological polar surface area (TPSA) is 12.0 Å². The second-order valence-electron chi connectivity index (χ2n) is 5.74. The minimum atomic E-state index is -0.181. The Kier molecular flexibility index (Phi) is 3.11. The zero-order valence-corrected chi connectivity index (χ0v) is 13.0. The normalized spacial score (nSPS) is 26.1. The Balaban J connectivity index is 1.84. The minimum absolute atomic E-state index is 0.161. The zero-order valence-electron chi connectivity index (χ0n) is 11.4. The summed E-state index contributed by atoms with van der Waals surface area (Å²) in [5, 5.41) is 3.44. The summed E-state index contributed by atoms with van der Waals surface area (Å²) in [4.78, 5) is 0. The van der Waals surface area contributed by atoms with Crippen LogP contribution in [0.3, 0.4) is 0 Å². The van der Waals surface area contributed by atoms with Crippen molar-refractivity contribution in [1.82, 2.24) is 0 Å². The highest BCUT2D eigenvalue weighted by molar-refractivity contribution is 9.10. The van der Waals surface area contributed by atoms with Crippen molar-refractivity contribution >= 4 is 21.6 Å². The lowest BCUT2D eigenvalue weighted by Gasteiger charge is -2.37. The molecule has 106 valence electrons. The molecule has 1 aliphatic carbocycles. The first-order valence-electron chi connectivity index (χ1n) is 7.21. The van der Waals surface area contributed by atoms with Gasteiger partial charge in [0.2, 0.25) is 0 Å². The van der Waals surface area contributed by atoms with Crippen molar-refractivity contribution < 1.29 is 4.39 Å². The van der Waals surface area contributed by atoms with E-state index in [2.05, 4.69) is 45.5 Å². The van der Waals surface area contributed by atoms with Crippen LogP contribution in [0.25, 0.3) is 0 Å². The fourth-order valence-corrected chi connectivity index (χ4v) is 4.06. The van der Waals surface area contributed by atoms with E-state index in [1.165, 1.54) is 11.6 Å². The Bertz CT molecular complexity index is 711. The van der Waals surface area contributed by atoms with Gasteiger partial charge >= 0.3 is 0 Å². The van der Waals surface area contributed by atoms with E-state index in [0.717, 1.165) is 16.5 Å². The molecule has 0 amide bonds. The molecular formula is C18H15BrFN. The van der Waals surface area contributed by atoms with Crippen molar-refractivity contribution in [2.24, 2.45) is 5.92 Å². The van der Waals surface area contributed by atoms with Gasteiger partial charge in [0.1, 0.15) is 5.82 Å². The molecule has 1 nitrogen and oxygen atoms in total. The molecule has 0 bridgehead atoms. The van der Waals surface area contributed by atoms with Gasteiger partial charge in [0.25, 0.3) is 0 Å². The number of benzene rings is 2. The van der Waals surface area contributed by atoms with Gasteiger partial charge in [-0.2, -0.15) is 0 Å². The van der Waals surface area contributed by atoms with Gasteiger partial charge < -0.3 is 5.32 Å². The number of rotatable bonds is 1. The molecule has 0 saturated heterocycles. The molecule has 2 aromatic rings. The molecule has 1 heterocycles. The molecule has 2 aliphatic rings. The van der Waals surface area contributed by atoms with Crippen LogP contribution in [0.4, 0.5) is 10.1 Å². The van der Waals surface area contributed by atoms with Gasteiger partial charge in [0, 0.05) is 10.4 Å². The Morgan fingerprint density at radius 1 is 1.14 bits per heavy atom. The van der Waals surface area contributed by atoms with Gasteiger partial charge in [0.05, 0.1) is 11.7 Å². The van der Waals surface area contributed by atoms with Crippen LogP contribution in [-0.4, -0.2) is 0 Å². The summed E-state index contributed by atoms with van der Waals surface area (Å²) in [7, 11) is 0. The minimum Gasteiger partial charge on any atom is -0.375 e. The maximum atomic E-state index is 14.4. The lowest BCUT2D eigenvalue weighted by Crippen LogP contribution is -2.29. The first kappa shape index (κ1) is 13.1. The van der Waals surface area contributed by atoms with Crippen molar-refractivity contribution in [3.05, 3.63) is 76.0 Å². The number of hydrogen-bond donors (Lipinski definition) is 1. The molecule has 3 atom stereocenters. The van der Waals surface area contributed by atoms with E-state index in [0.29, 0.717) is 17.5 Å². The number of fused-ring (bicyclic) bond motifs is 3. The van der Waals surface area contributed by atoms with Crippen LogP contribution in [-0.2, 0) is 0 Å². The molecule has 0 unspecified atom stereocenters. The van der Waals surface area contributed by atoms with E-state index in [1.807, 2.05) is 24.3 Å². The predicted molar refractivity (Wildman–Crippen MR) is 86.9 cm³/mol. The number of halogens is 2. The molecule has 0 spiro atoms. The SMILES string of the molecule is Fc1cc(Br)cc2c1N[C@H](c1ccccc1)[C@H]1CC=C[C@@H]21. The fourth-order valence-electron chi connectivity index (χ4n) is 3.61. The molecule has 0 aromatic heterocycles. The molecule has 1 aliphatic heterocycles. The van der Waals surface area contributed by atoms with Gasteiger partial charge in [0.15, 0.2) is 0 Å². The van der Waals surface area contributed by atoms with Crippen LogP contribution in [0.2, 0.25) is 0 Å². The van der Waals surface area contributed by atoms with E-state index >= 15 is 0 Å². The van der Waals surface area contributed by atoms with Crippen LogP contribution in [0.5, 0.6) is 0 Å². The lowest BCUT2D eigenvalue weighted by molar-refractivity contribution is 0.420. The smallest absolute Gasteiger partial charge is 0.147 e. The van der Waals surface area contributed by atoms with E-state index in [9.17, 15) is 4.39 Å². The van der Waals surface area contributed by atoms with E-state index in [4.69, 9.17) is 0 Å². The van der Waals surface area contributed by atoms with Crippen molar-refractivity contribution in [2.45, 2.75) is 18.4 Å². The molecule has 0 radical (unpaired) electrons. The number of hydrogen-bond acceptors (Lipinski definition) is 1. The summed E-state index contributed by atoms with van der Waals surface area (Å²) in [5.41, 5.74) is 2.94. The molecule has 21 heavy (non-hydrogen) atoms. The number of nitrogens with one attached hydrogen (secondary N) is 1. The summed E-state index contributed by atoms with van der Waals surface area (Å²) in [6, 6.07) is 14.1. The maximum Gasteiger partial charge on any atom is 0.147 e. The average molecular weight is 344 g/mol. The largest absolute Gasteiger partial charge is 0.375 e. The van der Waals surface area contributed by atoms with E-state index in [1.54, 1.807) is 0 Å². The molecule has 0 fully saturated rings. The van der Waals surface area contributed by atoms with Crippen LogP contribution >= 0.6 is 15.9 Å². The fraction of sp³-hybridized carbons (Fsp3) is 0.222. The van der Waals surface area contributed by atoms with Crippen LogP contribution < -0.4 is 5.32 Å². The number of anilines is 1. The Hall–Kier alpha value is -1.61. The summed E-state index contributed by atoms with van der Waals surface area (Å²) < 4.78 is 15.2. The Morgan fingerprint density at radius 3 is 2.76 bits per heavy atom. The van der Waals surface area contributed by atoms with Gasteiger partial charge in [-0.25, -0.2) is 4.39 Å². The third-order valence-corrected chi connectivity index (χ3v) is 5.00. The first-order valence-corrected chi connectivity index (χ1v) is 8.00. The molecule has 4 rings (SSSR count). The second-order valence-corrected chi connectivity index (χ2v) is 6.65. The van der Waals surface area contributed by atoms with Gasteiger partial charge in [-0.15, -0.1) is 0 Å². The molecule has 2 aromatic carbocycles. The third kappa shape index (κ3) is 2.11. The highest BCUT2D eigenvalue weighted by atomic mass is 79.9. The quantitative estimate of drug-likeness (QED) is 0.682. The summed E-state index contributed by atoms with van der Waals surface area (Å²) in [6.45, 7) is 0.